The van der Waals surface area contributed by atoms with E-state index >= 15 is 0 Å². The average Bonchev–Trinajstić information content (AvgIpc) is 2.87. The van der Waals surface area contributed by atoms with Gasteiger partial charge in [0.25, 0.3) is 0 Å². The number of hydrogen-bond acceptors (Lipinski definition) is 4. The summed E-state index contributed by atoms with van der Waals surface area (Å²) in [5, 5.41) is 15.5. The van der Waals surface area contributed by atoms with Gasteiger partial charge in [0.1, 0.15) is 5.82 Å². The summed E-state index contributed by atoms with van der Waals surface area (Å²) in [6.45, 7) is 3.91. The molecule has 1 aromatic carbocycles. The highest BCUT2D eigenvalue weighted by molar-refractivity contribution is 5.18. The maximum atomic E-state index is 13.8. The van der Waals surface area contributed by atoms with Crippen molar-refractivity contribution in [1.82, 2.24) is 25.5 Å². The van der Waals surface area contributed by atoms with Crippen molar-refractivity contribution in [3.8, 4) is 0 Å². The first-order valence-corrected chi connectivity index (χ1v) is 7.36. The van der Waals surface area contributed by atoms with Gasteiger partial charge in [-0.05, 0) is 48.7 Å². The van der Waals surface area contributed by atoms with Gasteiger partial charge in [-0.15, -0.1) is 10.2 Å². The SMILES string of the molecule is CCCNCC(Cc1nnn(C)n1)Cc1ccccc1F. The molecule has 0 radical (unpaired) electrons. The lowest BCUT2D eigenvalue weighted by molar-refractivity contribution is 0.452. The largest absolute Gasteiger partial charge is 0.316 e. The molecule has 0 aliphatic heterocycles. The molecule has 0 aliphatic rings. The van der Waals surface area contributed by atoms with E-state index in [-0.39, 0.29) is 11.7 Å². The highest BCUT2D eigenvalue weighted by atomic mass is 19.1. The van der Waals surface area contributed by atoms with Crippen LogP contribution >= 0.6 is 0 Å². The lowest BCUT2D eigenvalue weighted by Gasteiger charge is -2.16. The fourth-order valence-corrected chi connectivity index (χ4v) is 2.34. The zero-order valence-electron chi connectivity index (χ0n) is 12.6. The van der Waals surface area contributed by atoms with Crippen molar-refractivity contribution in [2.75, 3.05) is 13.1 Å². The van der Waals surface area contributed by atoms with Gasteiger partial charge in [0.15, 0.2) is 5.82 Å². The molecule has 1 unspecified atom stereocenters. The third kappa shape index (κ3) is 4.90. The molecule has 0 fully saturated rings. The van der Waals surface area contributed by atoms with Gasteiger partial charge in [-0.2, -0.15) is 4.80 Å². The number of aromatic nitrogens is 4. The topological polar surface area (TPSA) is 55.6 Å². The number of nitrogens with zero attached hydrogens (tertiary/aromatic N) is 4. The van der Waals surface area contributed by atoms with Crippen LogP contribution in [0, 0.1) is 11.7 Å². The van der Waals surface area contributed by atoms with E-state index in [1.165, 1.54) is 10.9 Å². The predicted molar refractivity (Wildman–Crippen MR) is 79.3 cm³/mol. The molecule has 1 aromatic heterocycles. The molecule has 0 amide bonds. The minimum absolute atomic E-state index is 0.148. The van der Waals surface area contributed by atoms with Gasteiger partial charge < -0.3 is 5.32 Å². The highest BCUT2D eigenvalue weighted by Crippen LogP contribution is 2.15. The monoisotopic (exact) mass is 291 g/mol. The minimum atomic E-state index is -0.148. The Bertz CT molecular complexity index is 555. The Morgan fingerprint density at radius 3 is 2.76 bits per heavy atom. The Hall–Kier alpha value is -1.82. The van der Waals surface area contributed by atoms with Gasteiger partial charge >= 0.3 is 0 Å². The summed E-state index contributed by atoms with van der Waals surface area (Å²) < 4.78 is 13.8. The van der Waals surface area contributed by atoms with Crippen LogP contribution in [-0.4, -0.2) is 33.3 Å². The van der Waals surface area contributed by atoms with Crippen molar-refractivity contribution < 1.29 is 4.39 Å². The van der Waals surface area contributed by atoms with Crippen molar-refractivity contribution in [2.45, 2.75) is 26.2 Å². The van der Waals surface area contributed by atoms with Crippen LogP contribution in [0.1, 0.15) is 24.7 Å². The molecule has 2 rings (SSSR count). The summed E-state index contributed by atoms with van der Waals surface area (Å²) in [4.78, 5) is 1.45. The van der Waals surface area contributed by atoms with E-state index in [1.54, 1.807) is 13.1 Å². The van der Waals surface area contributed by atoms with E-state index in [4.69, 9.17) is 0 Å². The van der Waals surface area contributed by atoms with Crippen LogP contribution in [0.4, 0.5) is 4.39 Å². The second kappa shape index (κ2) is 7.83. The van der Waals surface area contributed by atoms with E-state index in [9.17, 15) is 4.39 Å². The van der Waals surface area contributed by atoms with E-state index in [0.717, 1.165) is 25.1 Å². The minimum Gasteiger partial charge on any atom is -0.316 e. The Morgan fingerprint density at radius 2 is 2.10 bits per heavy atom. The number of halogens is 1. The Morgan fingerprint density at radius 1 is 1.29 bits per heavy atom. The van der Waals surface area contributed by atoms with Crippen LogP contribution in [0.5, 0.6) is 0 Å². The molecule has 6 heteroatoms. The fourth-order valence-electron chi connectivity index (χ4n) is 2.34. The van der Waals surface area contributed by atoms with Crippen LogP contribution in [0.25, 0.3) is 0 Å². The summed E-state index contributed by atoms with van der Waals surface area (Å²) in [6.07, 6.45) is 2.44. The molecule has 1 heterocycles. The summed E-state index contributed by atoms with van der Waals surface area (Å²) in [5.74, 6) is 0.805. The molecular formula is C15H22FN5. The molecule has 2 aromatic rings. The summed E-state index contributed by atoms with van der Waals surface area (Å²) in [6, 6.07) is 6.93. The lowest BCUT2D eigenvalue weighted by Crippen LogP contribution is -2.27. The zero-order valence-corrected chi connectivity index (χ0v) is 12.6. The highest BCUT2D eigenvalue weighted by Gasteiger charge is 2.15. The zero-order chi connectivity index (χ0) is 15.1. The third-order valence-electron chi connectivity index (χ3n) is 3.35. The first kappa shape index (κ1) is 15.6. The fraction of sp³-hybridized carbons (Fsp3) is 0.533. The molecule has 21 heavy (non-hydrogen) atoms. The van der Waals surface area contributed by atoms with Gasteiger partial charge in [-0.3, -0.25) is 0 Å². The molecule has 0 saturated carbocycles. The van der Waals surface area contributed by atoms with E-state index in [0.29, 0.717) is 18.7 Å². The van der Waals surface area contributed by atoms with Crippen molar-refractivity contribution in [3.63, 3.8) is 0 Å². The molecule has 1 N–H and O–H groups in total. The number of benzene rings is 1. The number of aryl methyl sites for hydroxylation is 1. The molecule has 0 bridgehead atoms. The van der Waals surface area contributed by atoms with E-state index < -0.39 is 0 Å². The van der Waals surface area contributed by atoms with Crippen LogP contribution in [0.15, 0.2) is 24.3 Å². The standard InChI is InChI=1S/C15H22FN5/c1-3-8-17-11-12(10-15-18-20-21(2)19-15)9-13-6-4-5-7-14(13)16/h4-7,12,17H,3,8-11H2,1-2H3. The van der Waals surface area contributed by atoms with Gasteiger partial charge in [0.05, 0.1) is 7.05 Å². The Labute approximate surface area is 124 Å². The number of tetrazole rings is 1. The number of hydrogen-bond donors (Lipinski definition) is 1. The molecule has 0 aliphatic carbocycles. The van der Waals surface area contributed by atoms with Crippen LogP contribution in [-0.2, 0) is 19.9 Å². The van der Waals surface area contributed by atoms with Gasteiger partial charge in [0, 0.05) is 6.42 Å². The first-order chi connectivity index (χ1) is 10.2. The Kier molecular flexibility index (Phi) is 5.80. The molecule has 0 saturated heterocycles. The molecule has 1 atom stereocenters. The van der Waals surface area contributed by atoms with Crippen molar-refractivity contribution in [1.29, 1.82) is 0 Å². The Balaban J connectivity index is 2.02. The van der Waals surface area contributed by atoms with Crippen molar-refractivity contribution in [2.24, 2.45) is 13.0 Å². The quantitative estimate of drug-likeness (QED) is 0.753. The van der Waals surface area contributed by atoms with E-state index in [1.807, 2.05) is 12.1 Å². The smallest absolute Gasteiger partial charge is 0.175 e. The number of nitrogens with one attached hydrogen (secondary N) is 1. The normalized spacial score (nSPS) is 12.5. The molecular weight excluding hydrogens is 269 g/mol. The molecule has 0 spiro atoms. The molecule has 114 valence electrons. The second-order valence-electron chi connectivity index (χ2n) is 5.26. The molecule has 5 nitrogen and oxygen atoms in total. The van der Waals surface area contributed by atoms with Gasteiger partial charge in [-0.25, -0.2) is 4.39 Å². The third-order valence-corrected chi connectivity index (χ3v) is 3.35. The van der Waals surface area contributed by atoms with Gasteiger partial charge in [-0.1, -0.05) is 25.1 Å². The first-order valence-electron chi connectivity index (χ1n) is 7.36. The lowest BCUT2D eigenvalue weighted by atomic mass is 9.95. The average molecular weight is 291 g/mol. The maximum absolute atomic E-state index is 13.8. The predicted octanol–water partition coefficient (Wildman–Crippen LogP) is 1.75. The summed E-state index contributed by atoms with van der Waals surface area (Å²) >= 11 is 0. The number of rotatable bonds is 8. The van der Waals surface area contributed by atoms with Crippen LogP contribution in [0.3, 0.4) is 0 Å². The maximum Gasteiger partial charge on any atom is 0.175 e. The van der Waals surface area contributed by atoms with Gasteiger partial charge in [0.2, 0.25) is 0 Å². The van der Waals surface area contributed by atoms with Crippen LogP contribution < -0.4 is 5.32 Å². The second-order valence-corrected chi connectivity index (χ2v) is 5.26. The van der Waals surface area contributed by atoms with E-state index in [2.05, 4.69) is 27.7 Å². The summed E-state index contributed by atoms with van der Waals surface area (Å²) in [5.41, 5.74) is 0.740. The van der Waals surface area contributed by atoms with Crippen molar-refractivity contribution in [3.05, 3.63) is 41.5 Å². The summed E-state index contributed by atoms with van der Waals surface area (Å²) in [7, 11) is 1.75. The van der Waals surface area contributed by atoms with Crippen LogP contribution in [0.2, 0.25) is 0 Å². The van der Waals surface area contributed by atoms with Crippen molar-refractivity contribution >= 4 is 0 Å².